The quantitative estimate of drug-likeness (QED) is 0.537. The molecule has 0 radical (unpaired) electrons. The highest BCUT2D eigenvalue weighted by Crippen LogP contribution is 2.32. The molecule has 1 aliphatic rings. The lowest BCUT2D eigenvalue weighted by Gasteiger charge is -2.29. The van der Waals surface area contributed by atoms with Crippen LogP contribution in [0.3, 0.4) is 0 Å². The zero-order chi connectivity index (χ0) is 7.56. The number of rotatable bonds is 1. The Kier molecular flexibility index (Phi) is 2.82. The Morgan fingerprint density at radius 1 is 1.30 bits per heavy atom. The van der Waals surface area contributed by atoms with E-state index in [-0.39, 0.29) is 8.07 Å². The maximum Gasteiger partial charge on any atom is 0.135 e. The van der Waals surface area contributed by atoms with Crippen molar-refractivity contribution in [3.8, 4) is 0 Å². The number of carbonyl (C=O) groups is 1. The first kappa shape index (κ1) is 8.16. The number of piperidine rings is 1. The van der Waals surface area contributed by atoms with Gasteiger partial charge in [0.1, 0.15) is 5.78 Å². The van der Waals surface area contributed by atoms with Gasteiger partial charge in [-0.2, -0.15) is 0 Å². The molecule has 1 saturated heterocycles. The molecule has 0 N–H and O–H groups in total. The molecule has 0 saturated carbocycles. The summed E-state index contributed by atoms with van der Waals surface area (Å²) in [6.45, 7) is 6.48. The third-order valence-corrected chi connectivity index (χ3v) is 3.39. The molecular formula is C7H14NOP. The molecule has 0 amide bonds. The van der Waals surface area contributed by atoms with Crippen molar-refractivity contribution in [3.63, 3.8) is 0 Å². The maximum absolute atomic E-state index is 10.8. The highest BCUT2D eigenvalue weighted by molar-refractivity contribution is 7.53. The van der Waals surface area contributed by atoms with E-state index in [4.69, 9.17) is 0 Å². The summed E-state index contributed by atoms with van der Waals surface area (Å²) in [5, 5.41) is 0. The van der Waals surface area contributed by atoms with Gasteiger partial charge in [0.25, 0.3) is 0 Å². The summed E-state index contributed by atoms with van der Waals surface area (Å²) < 4.78 is 2.41. The lowest BCUT2D eigenvalue weighted by atomic mass is 10.1. The fourth-order valence-electron chi connectivity index (χ4n) is 1.14. The van der Waals surface area contributed by atoms with Crippen LogP contribution >= 0.6 is 8.07 Å². The number of nitrogens with zero attached hydrogens (tertiary/aromatic N) is 1. The second-order valence-corrected chi connectivity index (χ2v) is 5.10. The van der Waals surface area contributed by atoms with Crippen LogP contribution in [0.25, 0.3) is 0 Å². The average molecular weight is 159 g/mol. The summed E-state index contributed by atoms with van der Waals surface area (Å²) in [6.07, 6.45) is 1.56. The van der Waals surface area contributed by atoms with Crippen LogP contribution in [-0.4, -0.2) is 36.9 Å². The SMILES string of the molecule is CP(C)N1CCC(=O)CC1. The van der Waals surface area contributed by atoms with E-state index in [0.717, 1.165) is 25.9 Å². The second kappa shape index (κ2) is 3.45. The molecule has 1 aliphatic heterocycles. The summed E-state index contributed by atoms with van der Waals surface area (Å²) in [7, 11) is 0.0434. The van der Waals surface area contributed by atoms with Gasteiger partial charge in [0.2, 0.25) is 0 Å². The molecule has 1 rings (SSSR count). The summed E-state index contributed by atoms with van der Waals surface area (Å²) in [4.78, 5) is 10.8. The molecule has 10 heavy (non-hydrogen) atoms. The molecule has 0 aromatic rings. The monoisotopic (exact) mass is 159 g/mol. The summed E-state index contributed by atoms with van der Waals surface area (Å²) >= 11 is 0. The minimum atomic E-state index is 0.0434. The fourth-order valence-corrected chi connectivity index (χ4v) is 2.14. The normalized spacial score (nSPS) is 22.1. The van der Waals surface area contributed by atoms with Crippen LogP contribution in [-0.2, 0) is 4.79 Å². The van der Waals surface area contributed by atoms with Crippen LogP contribution in [0.1, 0.15) is 12.8 Å². The van der Waals surface area contributed by atoms with Gasteiger partial charge >= 0.3 is 0 Å². The molecule has 1 fully saturated rings. The van der Waals surface area contributed by atoms with Crippen molar-refractivity contribution in [1.82, 2.24) is 4.67 Å². The van der Waals surface area contributed by atoms with Gasteiger partial charge in [0, 0.05) is 25.9 Å². The van der Waals surface area contributed by atoms with Crippen LogP contribution in [0.4, 0.5) is 0 Å². The van der Waals surface area contributed by atoms with Gasteiger partial charge in [-0.15, -0.1) is 0 Å². The second-order valence-electron chi connectivity index (χ2n) is 2.84. The molecule has 0 spiro atoms. The molecule has 0 aromatic heterocycles. The molecule has 0 atom stereocenters. The van der Waals surface area contributed by atoms with Crippen LogP contribution in [0.5, 0.6) is 0 Å². The minimum Gasteiger partial charge on any atom is -0.300 e. The fraction of sp³-hybridized carbons (Fsp3) is 0.857. The van der Waals surface area contributed by atoms with Crippen molar-refractivity contribution in [3.05, 3.63) is 0 Å². The number of hydrogen-bond donors (Lipinski definition) is 0. The highest BCUT2D eigenvalue weighted by Gasteiger charge is 2.17. The van der Waals surface area contributed by atoms with Gasteiger partial charge in [-0.1, -0.05) is 0 Å². The molecule has 0 aromatic carbocycles. The van der Waals surface area contributed by atoms with E-state index in [0.29, 0.717) is 5.78 Å². The van der Waals surface area contributed by atoms with Crippen molar-refractivity contribution < 1.29 is 4.79 Å². The number of ketones is 1. The summed E-state index contributed by atoms with van der Waals surface area (Å²) in [6, 6.07) is 0. The summed E-state index contributed by atoms with van der Waals surface area (Å²) in [5.74, 6) is 0.438. The molecule has 1 heterocycles. The van der Waals surface area contributed by atoms with E-state index in [1.54, 1.807) is 0 Å². The molecule has 2 nitrogen and oxygen atoms in total. The van der Waals surface area contributed by atoms with E-state index in [2.05, 4.69) is 18.0 Å². The number of carbonyl (C=O) groups excluding carboxylic acids is 1. The predicted molar refractivity (Wildman–Crippen MR) is 44.6 cm³/mol. The molecule has 0 unspecified atom stereocenters. The third-order valence-electron chi connectivity index (χ3n) is 1.86. The lowest BCUT2D eigenvalue weighted by molar-refractivity contribution is -0.120. The van der Waals surface area contributed by atoms with Crippen molar-refractivity contribution in [2.24, 2.45) is 0 Å². The first-order valence-corrected chi connectivity index (χ1v) is 5.83. The molecule has 0 aliphatic carbocycles. The van der Waals surface area contributed by atoms with Crippen LogP contribution < -0.4 is 0 Å². The zero-order valence-corrected chi connectivity index (χ0v) is 7.53. The molecule has 58 valence electrons. The Bertz CT molecular complexity index is 126. The number of hydrogen-bond acceptors (Lipinski definition) is 2. The standard InChI is InChI=1S/C7H14NOP/c1-10(2)8-5-3-7(9)4-6-8/h3-6H2,1-2H3. The van der Waals surface area contributed by atoms with Crippen molar-refractivity contribution >= 4 is 13.9 Å². The van der Waals surface area contributed by atoms with Gasteiger partial charge in [-0.3, -0.25) is 9.46 Å². The Balaban J connectivity index is 2.33. The van der Waals surface area contributed by atoms with Gasteiger partial charge in [0.15, 0.2) is 0 Å². The highest BCUT2D eigenvalue weighted by atomic mass is 31.1. The topological polar surface area (TPSA) is 20.3 Å². The first-order valence-electron chi connectivity index (χ1n) is 3.64. The largest absolute Gasteiger partial charge is 0.300 e. The van der Waals surface area contributed by atoms with Crippen molar-refractivity contribution in [2.45, 2.75) is 12.8 Å². The van der Waals surface area contributed by atoms with Crippen molar-refractivity contribution in [2.75, 3.05) is 26.4 Å². The predicted octanol–water partition coefficient (Wildman–Crippen LogP) is 1.31. The zero-order valence-electron chi connectivity index (χ0n) is 6.63. The molecule has 3 heteroatoms. The molecular weight excluding hydrogens is 145 g/mol. The van der Waals surface area contributed by atoms with E-state index in [1.807, 2.05) is 0 Å². The van der Waals surface area contributed by atoms with E-state index >= 15 is 0 Å². The van der Waals surface area contributed by atoms with E-state index in [9.17, 15) is 4.79 Å². The lowest BCUT2D eigenvalue weighted by Crippen LogP contribution is -2.29. The number of Topliss-reactive ketones (excluding diaryl/α,β-unsaturated/α-hetero) is 1. The smallest absolute Gasteiger partial charge is 0.135 e. The Hall–Kier alpha value is 0.0600. The Labute approximate surface area is 63.4 Å². The van der Waals surface area contributed by atoms with Gasteiger partial charge < -0.3 is 0 Å². The van der Waals surface area contributed by atoms with E-state index < -0.39 is 0 Å². The summed E-state index contributed by atoms with van der Waals surface area (Å²) in [5.41, 5.74) is 0. The Morgan fingerprint density at radius 2 is 1.80 bits per heavy atom. The Morgan fingerprint density at radius 3 is 2.20 bits per heavy atom. The van der Waals surface area contributed by atoms with Gasteiger partial charge in [0.05, 0.1) is 0 Å². The van der Waals surface area contributed by atoms with Crippen LogP contribution in [0.15, 0.2) is 0 Å². The van der Waals surface area contributed by atoms with Crippen LogP contribution in [0.2, 0.25) is 0 Å². The van der Waals surface area contributed by atoms with E-state index in [1.165, 1.54) is 0 Å². The van der Waals surface area contributed by atoms with Crippen LogP contribution in [0, 0.1) is 0 Å². The average Bonchev–Trinajstić information content (AvgIpc) is 1.88. The first-order chi connectivity index (χ1) is 4.70. The maximum atomic E-state index is 10.8. The van der Waals surface area contributed by atoms with Gasteiger partial charge in [-0.05, 0) is 21.4 Å². The third kappa shape index (κ3) is 2.03. The molecule has 0 bridgehead atoms. The van der Waals surface area contributed by atoms with Gasteiger partial charge in [-0.25, -0.2) is 0 Å². The minimum absolute atomic E-state index is 0.0434. The van der Waals surface area contributed by atoms with Crippen molar-refractivity contribution in [1.29, 1.82) is 0 Å².